The average Bonchev–Trinajstić information content (AvgIpc) is 2.71. The van der Waals surface area contributed by atoms with Crippen LogP contribution in [0.4, 0.5) is 0 Å². The van der Waals surface area contributed by atoms with E-state index in [1.54, 1.807) is 19.1 Å². The second-order valence-corrected chi connectivity index (χ2v) is 5.84. The Bertz CT molecular complexity index is 1080. The van der Waals surface area contributed by atoms with Gasteiger partial charge in [0, 0.05) is 13.2 Å². The summed E-state index contributed by atoms with van der Waals surface area (Å²) in [5, 5.41) is 0.261. The molecule has 3 rings (SSSR count). The highest BCUT2D eigenvalue weighted by Gasteiger charge is 2.12. The van der Waals surface area contributed by atoms with Crippen molar-refractivity contribution in [3.05, 3.63) is 64.5 Å². The van der Waals surface area contributed by atoms with E-state index in [1.807, 2.05) is 0 Å². The molecule has 0 aliphatic heterocycles. The molecule has 8 heteroatoms. The van der Waals surface area contributed by atoms with E-state index in [-0.39, 0.29) is 35.7 Å². The van der Waals surface area contributed by atoms with Gasteiger partial charge in [-0.1, -0.05) is 0 Å². The lowest BCUT2D eigenvalue weighted by Gasteiger charge is -2.08. The van der Waals surface area contributed by atoms with Crippen molar-refractivity contribution >= 4 is 22.9 Å². The minimum atomic E-state index is -0.569. The molecule has 0 aliphatic rings. The number of benzene rings is 2. The third-order valence-corrected chi connectivity index (χ3v) is 3.80. The predicted octanol–water partition coefficient (Wildman–Crippen LogP) is 3.31. The highest BCUT2D eigenvalue weighted by atomic mass is 16.6. The standard InChI is InChI=1S/C21H18O8/c1-3-26-21(24)13-4-6-14(7-5-13)28-18-11-27-17-10-15(29-19(22)12-25-2)8-9-16(17)20(18)23/h4-11H,3,12H2,1-2H3. The molecule has 0 aliphatic carbocycles. The van der Waals surface area contributed by atoms with Gasteiger partial charge < -0.3 is 23.4 Å². The van der Waals surface area contributed by atoms with Crippen LogP contribution in [0.15, 0.2) is 57.9 Å². The summed E-state index contributed by atoms with van der Waals surface area (Å²) >= 11 is 0. The van der Waals surface area contributed by atoms with Crippen molar-refractivity contribution in [2.24, 2.45) is 0 Å². The summed E-state index contributed by atoms with van der Waals surface area (Å²) in [6, 6.07) is 10.6. The molecule has 0 amide bonds. The smallest absolute Gasteiger partial charge is 0.338 e. The largest absolute Gasteiger partial charge is 0.462 e. The van der Waals surface area contributed by atoms with E-state index in [0.29, 0.717) is 11.3 Å². The number of esters is 2. The topological polar surface area (TPSA) is 101 Å². The van der Waals surface area contributed by atoms with E-state index in [9.17, 15) is 14.4 Å². The molecule has 2 aromatic carbocycles. The van der Waals surface area contributed by atoms with Crippen LogP contribution in [-0.2, 0) is 14.3 Å². The highest BCUT2D eigenvalue weighted by Crippen LogP contribution is 2.24. The monoisotopic (exact) mass is 398 g/mol. The molecule has 0 N–H and O–H groups in total. The number of hydrogen-bond acceptors (Lipinski definition) is 8. The SMILES string of the molecule is CCOC(=O)c1ccc(Oc2coc3cc(OC(=O)COC)ccc3c2=O)cc1. The first-order valence-corrected chi connectivity index (χ1v) is 8.72. The van der Waals surface area contributed by atoms with Crippen molar-refractivity contribution < 1.29 is 33.0 Å². The molecule has 1 aromatic heterocycles. The van der Waals surface area contributed by atoms with Crippen LogP contribution in [-0.4, -0.2) is 32.3 Å². The molecule has 0 spiro atoms. The van der Waals surface area contributed by atoms with Gasteiger partial charge in [0.15, 0.2) is 0 Å². The number of methoxy groups -OCH3 is 1. The molecule has 0 atom stereocenters. The summed E-state index contributed by atoms with van der Waals surface area (Å²) in [4.78, 5) is 35.8. The van der Waals surface area contributed by atoms with Crippen molar-refractivity contribution in [1.29, 1.82) is 0 Å². The molecule has 150 valence electrons. The number of carbonyl (C=O) groups is 2. The zero-order valence-corrected chi connectivity index (χ0v) is 15.8. The Labute approximate surface area is 165 Å². The van der Waals surface area contributed by atoms with E-state index in [1.165, 1.54) is 43.7 Å². The van der Waals surface area contributed by atoms with Gasteiger partial charge in [-0.15, -0.1) is 0 Å². The second-order valence-electron chi connectivity index (χ2n) is 5.84. The summed E-state index contributed by atoms with van der Waals surface area (Å²) in [5.74, 6) is -0.446. The van der Waals surface area contributed by atoms with Crippen LogP contribution in [0.2, 0.25) is 0 Å². The van der Waals surface area contributed by atoms with Gasteiger partial charge in [-0.05, 0) is 43.3 Å². The second kappa shape index (κ2) is 9.03. The average molecular weight is 398 g/mol. The molecule has 0 saturated carbocycles. The van der Waals surface area contributed by atoms with E-state index in [0.717, 1.165) is 0 Å². The van der Waals surface area contributed by atoms with Crippen LogP contribution in [0.1, 0.15) is 17.3 Å². The molecule has 0 radical (unpaired) electrons. The van der Waals surface area contributed by atoms with Gasteiger partial charge in [-0.2, -0.15) is 0 Å². The maximum absolute atomic E-state index is 12.6. The van der Waals surface area contributed by atoms with Crippen molar-refractivity contribution in [2.45, 2.75) is 6.92 Å². The van der Waals surface area contributed by atoms with Gasteiger partial charge in [0.2, 0.25) is 11.2 Å². The molecule has 0 saturated heterocycles. The minimum Gasteiger partial charge on any atom is -0.462 e. The fraction of sp³-hybridized carbons (Fsp3) is 0.190. The lowest BCUT2D eigenvalue weighted by Crippen LogP contribution is -2.14. The quantitative estimate of drug-likeness (QED) is 0.441. The summed E-state index contributed by atoms with van der Waals surface area (Å²) in [5.41, 5.74) is 0.221. The number of fused-ring (bicyclic) bond motifs is 1. The number of rotatable bonds is 7. The molecular formula is C21H18O8. The van der Waals surface area contributed by atoms with Crippen LogP contribution >= 0.6 is 0 Å². The number of ether oxygens (including phenoxy) is 4. The van der Waals surface area contributed by atoms with Crippen LogP contribution < -0.4 is 14.9 Å². The van der Waals surface area contributed by atoms with Crippen LogP contribution in [0.25, 0.3) is 11.0 Å². The molecule has 29 heavy (non-hydrogen) atoms. The van der Waals surface area contributed by atoms with E-state index < -0.39 is 17.4 Å². The van der Waals surface area contributed by atoms with Gasteiger partial charge in [-0.25, -0.2) is 9.59 Å². The third kappa shape index (κ3) is 4.80. The van der Waals surface area contributed by atoms with Gasteiger partial charge >= 0.3 is 11.9 Å². The highest BCUT2D eigenvalue weighted by molar-refractivity contribution is 5.89. The van der Waals surface area contributed by atoms with Gasteiger partial charge in [0.05, 0.1) is 17.6 Å². The molecule has 1 heterocycles. The lowest BCUT2D eigenvalue weighted by atomic mass is 10.2. The first kappa shape index (κ1) is 20.1. The van der Waals surface area contributed by atoms with Crippen LogP contribution in [0, 0.1) is 0 Å². The van der Waals surface area contributed by atoms with Crippen LogP contribution in [0.5, 0.6) is 17.2 Å². The van der Waals surface area contributed by atoms with Crippen molar-refractivity contribution in [3.63, 3.8) is 0 Å². The van der Waals surface area contributed by atoms with E-state index >= 15 is 0 Å². The first-order valence-electron chi connectivity index (χ1n) is 8.72. The summed E-state index contributed by atoms with van der Waals surface area (Å²) in [7, 11) is 1.38. The Hall–Kier alpha value is -3.65. The molecule has 0 unspecified atom stereocenters. The van der Waals surface area contributed by atoms with Crippen LogP contribution in [0.3, 0.4) is 0 Å². The van der Waals surface area contributed by atoms with Crippen molar-refractivity contribution in [1.82, 2.24) is 0 Å². The Morgan fingerprint density at radius 3 is 2.45 bits per heavy atom. The molecule has 8 nitrogen and oxygen atoms in total. The normalized spacial score (nSPS) is 10.6. The maximum Gasteiger partial charge on any atom is 0.338 e. The van der Waals surface area contributed by atoms with Crippen molar-refractivity contribution in [2.75, 3.05) is 20.3 Å². The zero-order chi connectivity index (χ0) is 20.8. The van der Waals surface area contributed by atoms with Gasteiger partial charge in [0.1, 0.15) is 30.0 Å². The molecular weight excluding hydrogens is 380 g/mol. The Balaban J connectivity index is 1.80. The zero-order valence-electron chi connectivity index (χ0n) is 15.8. The molecule has 0 bridgehead atoms. The third-order valence-electron chi connectivity index (χ3n) is 3.80. The maximum atomic E-state index is 12.6. The Kier molecular flexibility index (Phi) is 6.25. The van der Waals surface area contributed by atoms with E-state index in [2.05, 4.69) is 0 Å². The fourth-order valence-electron chi connectivity index (χ4n) is 2.50. The molecule has 3 aromatic rings. The number of carbonyl (C=O) groups excluding carboxylic acids is 2. The Morgan fingerprint density at radius 2 is 1.76 bits per heavy atom. The summed E-state index contributed by atoms with van der Waals surface area (Å²) in [6.45, 7) is 1.81. The number of hydrogen-bond donors (Lipinski definition) is 0. The van der Waals surface area contributed by atoms with Gasteiger partial charge in [0.25, 0.3) is 0 Å². The Morgan fingerprint density at radius 1 is 1.03 bits per heavy atom. The fourth-order valence-corrected chi connectivity index (χ4v) is 2.50. The lowest BCUT2D eigenvalue weighted by molar-refractivity contribution is -0.138. The van der Waals surface area contributed by atoms with Crippen molar-refractivity contribution in [3.8, 4) is 17.2 Å². The van der Waals surface area contributed by atoms with E-state index in [4.69, 9.17) is 23.4 Å². The minimum absolute atomic E-state index is 0.0227. The first-order chi connectivity index (χ1) is 14.0. The summed E-state index contributed by atoms with van der Waals surface area (Å²) < 4.78 is 25.7. The predicted molar refractivity (Wildman–Crippen MR) is 102 cm³/mol. The summed E-state index contributed by atoms with van der Waals surface area (Å²) in [6.07, 6.45) is 1.17. The van der Waals surface area contributed by atoms with Gasteiger partial charge in [-0.3, -0.25) is 4.79 Å². The molecule has 0 fully saturated rings.